The van der Waals surface area contributed by atoms with E-state index in [0.717, 1.165) is 11.6 Å². The minimum atomic E-state index is -4.39. The molecule has 0 spiro atoms. The summed E-state index contributed by atoms with van der Waals surface area (Å²) >= 11 is 5.99. The topological polar surface area (TPSA) is 24.9 Å². The van der Waals surface area contributed by atoms with Crippen LogP contribution in [0.5, 0.6) is 0 Å². The summed E-state index contributed by atoms with van der Waals surface area (Å²) in [6.45, 7) is 3.48. The lowest BCUT2D eigenvalue weighted by Crippen LogP contribution is -2.15. The van der Waals surface area contributed by atoms with Gasteiger partial charge in [-0.3, -0.25) is 0 Å². The van der Waals surface area contributed by atoms with E-state index in [1.165, 1.54) is 12.1 Å². The molecule has 0 aliphatic carbocycles. The molecule has 1 aromatic carbocycles. The zero-order valence-corrected chi connectivity index (χ0v) is 12.3. The van der Waals surface area contributed by atoms with E-state index in [1.54, 1.807) is 25.3 Å². The van der Waals surface area contributed by atoms with E-state index < -0.39 is 17.8 Å². The van der Waals surface area contributed by atoms with Crippen LogP contribution in [0.25, 0.3) is 0 Å². The molecule has 2 rings (SSSR count). The third-order valence-electron chi connectivity index (χ3n) is 3.21. The van der Waals surface area contributed by atoms with Crippen molar-refractivity contribution in [1.82, 2.24) is 4.98 Å². The van der Waals surface area contributed by atoms with Gasteiger partial charge in [-0.1, -0.05) is 29.8 Å². The van der Waals surface area contributed by atoms with Crippen LogP contribution in [0.2, 0.25) is 5.15 Å². The zero-order chi connectivity index (χ0) is 15.6. The van der Waals surface area contributed by atoms with Gasteiger partial charge in [-0.2, -0.15) is 13.2 Å². The SMILES string of the molecule is Cc1ccnc(Cl)c1NC(C)c1ccccc1C(F)(F)F. The lowest BCUT2D eigenvalue weighted by Gasteiger charge is -2.21. The fraction of sp³-hybridized carbons (Fsp3) is 0.267. The number of nitrogens with one attached hydrogen (secondary N) is 1. The first kappa shape index (κ1) is 15.6. The molecule has 0 aliphatic heterocycles. The molecule has 0 aliphatic rings. The van der Waals surface area contributed by atoms with Crippen molar-refractivity contribution in [3.63, 3.8) is 0 Å². The van der Waals surface area contributed by atoms with E-state index >= 15 is 0 Å². The summed E-state index contributed by atoms with van der Waals surface area (Å²) in [6, 6.07) is 6.69. The number of anilines is 1. The van der Waals surface area contributed by atoms with Gasteiger partial charge in [0.15, 0.2) is 5.15 Å². The van der Waals surface area contributed by atoms with E-state index in [4.69, 9.17) is 11.6 Å². The smallest absolute Gasteiger partial charge is 0.376 e. The number of halogens is 4. The monoisotopic (exact) mass is 314 g/mol. The minimum absolute atomic E-state index is 0.171. The van der Waals surface area contributed by atoms with Crippen LogP contribution in [0.1, 0.15) is 29.7 Å². The number of alkyl halides is 3. The molecule has 2 nitrogen and oxygen atoms in total. The van der Waals surface area contributed by atoms with E-state index in [9.17, 15) is 13.2 Å². The first-order valence-corrected chi connectivity index (χ1v) is 6.72. The maximum absolute atomic E-state index is 13.0. The summed E-state index contributed by atoms with van der Waals surface area (Å²) in [5.41, 5.74) is 0.891. The maximum atomic E-state index is 13.0. The van der Waals surface area contributed by atoms with Crippen LogP contribution in [-0.2, 0) is 6.18 Å². The van der Waals surface area contributed by atoms with Crippen molar-refractivity contribution in [3.05, 3.63) is 58.4 Å². The number of hydrogen-bond acceptors (Lipinski definition) is 2. The number of aromatic nitrogens is 1. The van der Waals surface area contributed by atoms with Gasteiger partial charge in [-0.25, -0.2) is 4.98 Å². The maximum Gasteiger partial charge on any atom is 0.416 e. The Kier molecular flexibility index (Phi) is 4.42. The third kappa shape index (κ3) is 3.47. The summed E-state index contributed by atoms with van der Waals surface area (Å²) in [4.78, 5) is 3.94. The van der Waals surface area contributed by atoms with Gasteiger partial charge in [-0.15, -0.1) is 0 Å². The van der Waals surface area contributed by atoms with Crippen LogP contribution in [0.3, 0.4) is 0 Å². The highest BCUT2D eigenvalue weighted by molar-refractivity contribution is 6.32. The van der Waals surface area contributed by atoms with Crippen LogP contribution in [0.15, 0.2) is 36.5 Å². The van der Waals surface area contributed by atoms with Crippen LogP contribution in [0.4, 0.5) is 18.9 Å². The fourth-order valence-electron chi connectivity index (χ4n) is 2.13. The summed E-state index contributed by atoms with van der Waals surface area (Å²) in [6.07, 6.45) is -2.84. The second-order valence-electron chi connectivity index (χ2n) is 4.74. The van der Waals surface area contributed by atoms with Crippen LogP contribution < -0.4 is 5.32 Å². The van der Waals surface area contributed by atoms with E-state index in [2.05, 4.69) is 10.3 Å². The van der Waals surface area contributed by atoms with Gasteiger partial charge in [0.2, 0.25) is 0 Å². The number of benzene rings is 1. The molecule has 1 unspecified atom stereocenters. The first-order valence-electron chi connectivity index (χ1n) is 6.34. The molecule has 1 aromatic heterocycles. The van der Waals surface area contributed by atoms with Crippen molar-refractivity contribution < 1.29 is 13.2 Å². The lowest BCUT2D eigenvalue weighted by atomic mass is 10.0. The Morgan fingerprint density at radius 1 is 1.19 bits per heavy atom. The second kappa shape index (κ2) is 5.93. The largest absolute Gasteiger partial charge is 0.416 e. The highest BCUT2D eigenvalue weighted by Crippen LogP contribution is 2.36. The van der Waals surface area contributed by atoms with Crippen molar-refractivity contribution in [1.29, 1.82) is 0 Å². The standard InChI is InChI=1S/C15H14ClF3N2/c1-9-7-8-20-14(16)13(9)21-10(2)11-5-3-4-6-12(11)15(17,18)19/h3-8,10,21H,1-2H3. The summed E-state index contributed by atoms with van der Waals surface area (Å²) in [5, 5.41) is 3.25. The predicted molar refractivity (Wildman–Crippen MR) is 77.5 cm³/mol. The Morgan fingerprint density at radius 2 is 1.86 bits per heavy atom. The molecule has 1 heterocycles. The van der Waals surface area contributed by atoms with Gasteiger partial charge >= 0.3 is 6.18 Å². The molecule has 6 heteroatoms. The van der Waals surface area contributed by atoms with E-state index in [-0.39, 0.29) is 10.7 Å². The molecule has 0 bridgehead atoms. The fourth-order valence-corrected chi connectivity index (χ4v) is 2.39. The van der Waals surface area contributed by atoms with Crippen LogP contribution >= 0.6 is 11.6 Å². The molecule has 1 N–H and O–H groups in total. The van der Waals surface area contributed by atoms with Gasteiger partial charge in [0.1, 0.15) is 0 Å². The van der Waals surface area contributed by atoms with Crippen molar-refractivity contribution in [2.24, 2.45) is 0 Å². The summed E-state index contributed by atoms with van der Waals surface area (Å²) in [7, 11) is 0. The number of aryl methyl sites for hydroxylation is 1. The molecule has 21 heavy (non-hydrogen) atoms. The molecular weight excluding hydrogens is 301 g/mol. The molecule has 0 radical (unpaired) electrons. The zero-order valence-electron chi connectivity index (χ0n) is 11.5. The Balaban J connectivity index is 2.36. The summed E-state index contributed by atoms with van der Waals surface area (Å²) in [5.74, 6) is 0. The number of rotatable bonds is 3. The molecule has 0 saturated heterocycles. The normalized spacial score (nSPS) is 13.0. The van der Waals surface area contributed by atoms with Crippen LogP contribution in [-0.4, -0.2) is 4.98 Å². The Morgan fingerprint density at radius 3 is 2.48 bits per heavy atom. The minimum Gasteiger partial charge on any atom is -0.376 e. The average molecular weight is 315 g/mol. The van der Waals surface area contributed by atoms with Gasteiger partial charge in [0.05, 0.1) is 11.3 Å². The van der Waals surface area contributed by atoms with Crippen molar-refractivity contribution in [2.75, 3.05) is 5.32 Å². The number of hydrogen-bond donors (Lipinski definition) is 1. The lowest BCUT2D eigenvalue weighted by molar-refractivity contribution is -0.138. The Bertz CT molecular complexity index is 621. The highest BCUT2D eigenvalue weighted by Gasteiger charge is 2.34. The first-order chi connectivity index (χ1) is 9.80. The quantitative estimate of drug-likeness (QED) is 0.784. The molecular formula is C15H14ClF3N2. The van der Waals surface area contributed by atoms with Crippen molar-refractivity contribution >= 4 is 17.3 Å². The molecule has 112 valence electrons. The Hall–Kier alpha value is -1.75. The van der Waals surface area contributed by atoms with Gasteiger partial charge in [0, 0.05) is 12.2 Å². The number of pyridine rings is 1. The molecule has 2 aromatic rings. The Labute approximate surface area is 126 Å². The molecule has 0 amide bonds. The molecule has 0 fully saturated rings. The van der Waals surface area contributed by atoms with Gasteiger partial charge < -0.3 is 5.32 Å². The van der Waals surface area contributed by atoms with Crippen molar-refractivity contribution in [3.8, 4) is 0 Å². The predicted octanol–water partition coefficient (Wildman–Crippen LogP) is 5.24. The van der Waals surface area contributed by atoms with Crippen molar-refractivity contribution in [2.45, 2.75) is 26.1 Å². The summed E-state index contributed by atoms with van der Waals surface area (Å²) < 4.78 is 39.1. The van der Waals surface area contributed by atoms with Crippen LogP contribution in [0, 0.1) is 6.92 Å². The van der Waals surface area contributed by atoms with Gasteiger partial charge in [0.25, 0.3) is 0 Å². The van der Waals surface area contributed by atoms with E-state index in [0.29, 0.717) is 5.69 Å². The third-order valence-corrected chi connectivity index (χ3v) is 3.49. The van der Waals surface area contributed by atoms with Gasteiger partial charge in [-0.05, 0) is 37.1 Å². The second-order valence-corrected chi connectivity index (χ2v) is 5.10. The van der Waals surface area contributed by atoms with E-state index in [1.807, 2.05) is 6.92 Å². The number of nitrogens with zero attached hydrogens (tertiary/aromatic N) is 1. The average Bonchev–Trinajstić information content (AvgIpc) is 2.42. The molecule has 0 saturated carbocycles. The highest BCUT2D eigenvalue weighted by atomic mass is 35.5. The molecule has 1 atom stereocenters.